The smallest absolute Gasteiger partial charge is 0.339 e. The number of nitrogens with one attached hydrogen (secondary N) is 1. The van der Waals surface area contributed by atoms with E-state index in [9.17, 15) is 14.4 Å². The fourth-order valence-electron chi connectivity index (χ4n) is 5.15. The van der Waals surface area contributed by atoms with Gasteiger partial charge in [-0.1, -0.05) is 29.8 Å². The monoisotopic (exact) mass is 463 g/mol. The summed E-state index contributed by atoms with van der Waals surface area (Å²) in [4.78, 5) is 42.4. The van der Waals surface area contributed by atoms with E-state index in [0.717, 1.165) is 0 Å². The lowest BCUT2D eigenvalue weighted by molar-refractivity contribution is -0.140. The fourth-order valence-corrected chi connectivity index (χ4v) is 5.33. The average molecular weight is 464 g/mol. The topological polar surface area (TPSA) is 102 Å². The van der Waals surface area contributed by atoms with Crippen molar-refractivity contribution in [3.05, 3.63) is 81.8 Å². The van der Waals surface area contributed by atoms with Crippen molar-refractivity contribution in [2.75, 3.05) is 16.8 Å². The Morgan fingerprint density at radius 1 is 1.18 bits per heavy atom. The lowest BCUT2D eigenvalue weighted by atomic mass is 9.63. The molecule has 1 amide bonds. The summed E-state index contributed by atoms with van der Waals surface area (Å²) in [6.45, 7) is 1.76. The number of rotatable bonds is 3. The Morgan fingerprint density at radius 3 is 2.67 bits per heavy atom. The minimum atomic E-state index is -1.73. The van der Waals surface area contributed by atoms with Gasteiger partial charge >= 0.3 is 5.97 Å². The zero-order chi connectivity index (χ0) is 23.3. The van der Waals surface area contributed by atoms with Gasteiger partial charge in [0.25, 0.3) is 0 Å². The Balaban J connectivity index is 1.91. The standard InChI is InChI=1S/C25H22ClN3O4/c1-2-33-23(31)21-22(27)29(15-7-4-3-5-8-15)18-9-6-10-19(30)20(18)25(21)16-13-14(26)11-12-17(16)28-24(25)32/h3-5,7-8,11-13H,2,6,9-10,27H2,1H3,(H,28,32). The van der Waals surface area contributed by atoms with Crippen LogP contribution in [0.2, 0.25) is 5.02 Å². The van der Waals surface area contributed by atoms with E-state index in [2.05, 4.69) is 5.32 Å². The highest BCUT2D eigenvalue weighted by Crippen LogP contribution is 2.55. The molecule has 5 rings (SSSR count). The fraction of sp³-hybridized carbons (Fsp3) is 0.240. The number of hydrogen-bond acceptors (Lipinski definition) is 6. The van der Waals surface area contributed by atoms with E-state index in [1.54, 1.807) is 30.0 Å². The third-order valence-corrected chi connectivity index (χ3v) is 6.61. The first-order chi connectivity index (χ1) is 15.9. The van der Waals surface area contributed by atoms with E-state index in [1.165, 1.54) is 0 Å². The molecule has 2 aromatic carbocycles. The molecule has 1 aliphatic carbocycles. The molecule has 2 aromatic rings. The van der Waals surface area contributed by atoms with Crippen LogP contribution in [0.4, 0.5) is 11.4 Å². The number of esters is 1. The summed E-state index contributed by atoms with van der Waals surface area (Å²) in [5.74, 6) is -1.39. The Bertz CT molecular complexity index is 1270. The van der Waals surface area contributed by atoms with Crippen LogP contribution in [0.25, 0.3) is 0 Å². The van der Waals surface area contributed by atoms with Crippen LogP contribution in [0.1, 0.15) is 31.7 Å². The van der Waals surface area contributed by atoms with Crippen molar-refractivity contribution in [2.45, 2.75) is 31.6 Å². The number of amides is 1. The molecule has 3 aliphatic rings. The van der Waals surface area contributed by atoms with Gasteiger partial charge < -0.3 is 15.8 Å². The van der Waals surface area contributed by atoms with Crippen LogP contribution in [-0.2, 0) is 24.5 Å². The van der Waals surface area contributed by atoms with Crippen molar-refractivity contribution in [1.29, 1.82) is 0 Å². The third-order valence-electron chi connectivity index (χ3n) is 6.37. The van der Waals surface area contributed by atoms with Crippen molar-refractivity contribution in [1.82, 2.24) is 0 Å². The maximum absolute atomic E-state index is 13.8. The average Bonchev–Trinajstić information content (AvgIpc) is 3.06. The number of carbonyl (C=O) groups excluding carboxylic acids is 3. The molecular weight excluding hydrogens is 442 g/mol. The number of allylic oxidation sites excluding steroid dienone is 1. The van der Waals surface area contributed by atoms with Crippen molar-refractivity contribution < 1.29 is 19.1 Å². The first kappa shape index (κ1) is 21.3. The minimum Gasteiger partial charge on any atom is -0.462 e. The summed E-state index contributed by atoms with van der Waals surface area (Å²) in [7, 11) is 0. The molecule has 2 aliphatic heterocycles. The van der Waals surface area contributed by atoms with Crippen molar-refractivity contribution in [2.24, 2.45) is 5.73 Å². The lowest BCUT2D eigenvalue weighted by Gasteiger charge is -2.44. The first-order valence-corrected chi connectivity index (χ1v) is 11.2. The molecule has 1 atom stereocenters. The summed E-state index contributed by atoms with van der Waals surface area (Å²) in [5.41, 5.74) is 7.38. The van der Waals surface area contributed by atoms with E-state index >= 15 is 0 Å². The highest BCUT2D eigenvalue weighted by atomic mass is 35.5. The van der Waals surface area contributed by atoms with Crippen LogP contribution in [0, 0.1) is 0 Å². The van der Waals surface area contributed by atoms with Gasteiger partial charge in [-0.15, -0.1) is 0 Å². The largest absolute Gasteiger partial charge is 0.462 e. The van der Waals surface area contributed by atoms with Crippen LogP contribution in [0.15, 0.2) is 71.2 Å². The maximum atomic E-state index is 13.8. The predicted octanol–water partition coefficient (Wildman–Crippen LogP) is 3.79. The number of nitrogens with zero attached hydrogens (tertiary/aromatic N) is 1. The van der Waals surface area contributed by atoms with Crippen LogP contribution in [-0.4, -0.2) is 24.3 Å². The number of benzene rings is 2. The van der Waals surface area contributed by atoms with Gasteiger partial charge in [-0.2, -0.15) is 0 Å². The second-order valence-corrected chi connectivity index (χ2v) is 8.58. The van der Waals surface area contributed by atoms with E-state index in [-0.39, 0.29) is 35.8 Å². The Morgan fingerprint density at radius 2 is 1.94 bits per heavy atom. The molecule has 168 valence electrons. The van der Waals surface area contributed by atoms with E-state index in [4.69, 9.17) is 22.1 Å². The molecule has 0 aromatic heterocycles. The number of hydrogen-bond donors (Lipinski definition) is 2. The molecule has 0 saturated heterocycles. The lowest BCUT2D eigenvalue weighted by Crippen LogP contribution is -2.53. The Labute approximate surface area is 195 Å². The number of fused-ring (bicyclic) bond motifs is 3. The number of nitrogens with two attached hydrogens (primary N) is 1. The second kappa shape index (κ2) is 7.78. The Hall–Kier alpha value is -3.58. The molecular formula is C25H22ClN3O4. The van der Waals surface area contributed by atoms with Gasteiger partial charge in [0, 0.05) is 39.7 Å². The highest BCUT2D eigenvalue weighted by Gasteiger charge is 2.62. The van der Waals surface area contributed by atoms with Crippen molar-refractivity contribution in [3.63, 3.8) is 0 Å². The number of ketones is 1. The number of carbonyl (C=O) groups is 3. The summed E-state index contributed by atoms with van der Waals surface area (Å²) in [6, 6.07) is 14.2. The zero-order valence-electron chi connectivity index (χ0n) is 18.0. The molecule has 8 heteroatoms. The number of anilines is 2. The molecule has 7 nitrogen and oxygen atoms in total. The molecule has 1 spiro atoms. The third kappa shape index (κ3) is 2.92. The molecule has 0 saturated carbocycles. The van der Waals surface area contributed by atoms with Crippen LogP contribution < -0.4 is 16.0 Å². The highest BCUT2D eigenvalue weighted by molar-refractivity contribution is 6.31. The van der Waals surface area contributed by atoms with Gasteiger partial charge in [0.05, 0.1) is 6.61 Å². The Kier molecular flexibility index (Phi) is 5.01. The van der Waals surface area contributed by atoms with Crippen LogP contribution in [0.5, 0.6) is 0 Å². The van der Waals surface area contributed by atoms with Gasteiger partial charge in [0.1, 0.15) is 16.8 Å². The molecule has 3 N–H and O–H groups in total. The van der Waals surface area contributed by atoms with Crippen molar-refractivity contribution >= 4 is 40.6 Å². The molecule has 0 radical (unpaired) electrons. The van der Waals surface area contributed by atoms with Gasteiger partial charge in [-0.3, -0.25) is 14.5 Å². The predicted molar refractivity (Wildman–Crippen MR) is 124 cm³/mol. The first-order valence-electron chi connectivity index (χ1n) is 10.8. The number of para-hydroxylation sites is 1. The number of halogens is 1. The number of Topliss-reactive ketones (excluding diaryl/α,β-unsaturated/α-hetero) is 1. The second-order valence-electron chi connectivity index (χ2n) is 8.14. The van der Waals surface area contributed by atoms with Gasteiger partial charge in [-0.25, -0.2) is 4.79 Å². The van der Waals surface area contributed by atoms with Crippen LogP contribution >= 0.6 is 11.6 Å². The summed E-state index contributed by atoms with van der Waals surface area (Å²) in [5, 5.41) is 3.22. The zero-order valence-corrected chi connectivity index (χ0v) is 18.7. The summed E-state index contributed by atoms with van der Waals surface area (Å²) >= 11 is 6.32. The minimum absolute atomic E-state index is 0.0658. The summed E-state index contributed by atoms with van der Waals surface area (Å²) < 4.78 is 5.38. The van der Waals surface area contributed by atoms with Crippen molar-refractivity contribution in [3.8, 4) is 0 Å². The van der Waals surface area contributed by atoms with Gasteiger partial charge in [0.2, 0.25) is 5.91 Å². The van der Waals surface area contributed by atoms with E-state index in [1.807, 2.05) is 30.3 Å². The van der Waals surface area contributed by atoms with Crippen LogP contribution in [0.3, 0.4) is 0 Å². The maximum Gasteiger partial charge on any atom is 0.339 e. The number of ether oxygens (including phenoxy) is 1. The molecule has 33 heavy (non-hydrogen) atoms. The molecule has 2 heterocycles. The molecule has 0 fully saturated rings. The quantitative estimate of drug-likeness (QED) is 0.671. The molecule has 1 unspecified atom stereocenters. The van der Waals surface area contributed by atoms with Gasteiger partial charge in [0.15, 0.2) is 5.78 Å². The summed E-state index contributed by atoms with van der Waals surface area (Å²) in [6.07, 6.45) is 1.41. The van der Waals surface area contributed by atoms with Gasteiger partial charge in [-0.05, 0) is 50.1 Å². The molecule has 0 bridgehead atoms. The normalized spacial score (nSPS) is 21.8. The van der Waals surface area contributed by atoms with E-state index < -0.39 is 17.3 Å². The van der Waals surface area contributed by atoms with E-state index in [0.29, 0.717) is 40.5 Å². The SMILES string of the molecule is CCOC(=O)C1=C(N)N(c2ccccc2)C2=C(C(=O)CCC2)C12C(=O)Nc1ccc(Cl)cc12.